The fourth-order valence-corrected chi connectivity index (χ4v) is 4.88. The Bertz CT molecular complexity index is 812. The van der Waals surface area contributed by atoms with Crippen LogP contribution in [0.4, 0.5) is 13.2 Å². The molecule has 176 valence electrons. The Hall–Kier alpha value is -2.33. The Labute approximate surface area is 185 Å². The summed E-state index contributed by atoms with van der Waals surface area (Å²) in [6.07, 6.45) is -0.675. The number of piperazine rings is 1. The number of hydrogen-bond donors (Lipinski definition) is 2. The third-order valence-electron chi connectivity index (χ3n) is 6.52. The van der Waals surface area contributed by atoms with Crippen LogP contribution in [-0.4, -0.2) is 72.3 Å². The number of alkyl halides is 3. The van der Waals surface area contributed by atoms with Crippen molar-refractivity contribution in [3.8, 4) is 5.75 Å². The second kappa shape index (κ2) is 9.66. The van der Waals surface area contributed by atoms with E-state index in [2.05, 4.69) is 20.3 Å². The quantitative estimate of drug-likeness (QED) is 0.660. The number of hydrogen-bond acceptors (Lipinski definition) is 5. The molecule has 10 heteroatoms. The van der Waals surface area contributed by atoms with Gasteiger partial charge in [0.1, 0.15) is 5.75 Å². The van der Waals surface area contributed by atoms with Crippen LogP contribution in [0.25, 0.3) is 0 Å². The summed E-state index contributed by atoms with van der Waals surface area (Å²) in [4.78, 5) is 28.9. The number of carbonyl (C=O) groups excluding carboxylic acids is 2. The summed E-state index contributed by atoms with van der Waals surface area (Å²) in [6.45, 7) is 3.44. The summed E-state index contributed by atoms with van der Waals surface area (Å²) in [6, 6.07) is 5.79. The molecule has 0 spiro atoms. The van der Waals surface area contributed by atoms with Crippen molar-refractivity contribution in [2.45, 2.75) is 63.1 Å². The van der Waals surface area contributed by atoms with Gasteiger partial charge in [0, 0.05) is 51.2 Å². The summed E-state index contributed by atoms with van der Waals surface area (Å²) in [5.41, 5.74) is 0.835. The predicted molar refractivity (Wildman–Crippen MR) is 111 cm³/mol. The lowest BCUT2D eigenvalue weighted by Gasteiger charge is -2.37. The highest BCUT2D eigenvalue weighted by Crippen LogP contribution is 2.27. The number of rotatable bonds is 7. The Morgan fingerprint density at radius 3 is 2.59 bits per heavy atom. The van der Waals surface area contributed by atoms with E-state index in [0.29, 0.717) is 32.5 Å². The number of amides is 2. The minimum atomic E-state index is -4.70. The Balaban J connectivity index is 1.27. The lowest BCUT2D eigenvalue weighted by molar-refractivity contribution is -0.274. The van der Waals surface area contributed by atoms with Crippen LogP contribution in [0.5, 0.6) is 5.75 Å². The number of benzene rings is 1. The van der Waals surface area contributed by atoms with E-state index in [1.165, 1.54) is 12.1 Å². The normalized spacial score (nSPS) is 26.2. The minimum absolute atomic E-state index is 0.0186. The molecule has 0 radical (unpaired) electrons. The summed E-state index contributed by atoms with van der Waals surface area (Å²) in [5, 5.41) is 6.39. The molecule has 3 saturated heterocycles. The molecule has 32 heavy (non-hydrogen) atoms. The van der Waals surface area contributed by atoms with Crippen molar-refractivity contribution in [2.24, 2.45) is 0 Å². The highest BCUT2D eigenvalue weighted by atomic mass is 19.4. The molecule has 3 fully saturated rings. The number of ether oxygens (including phenoxy) is 1. The Morgan fingerprint density at radius 2 is 1.91 bits per heavy atom. The number of carbonyl (C=O) groups is 2. The van der Waals surface area contributed by atoms with E-state index in [1.54, 1.807) is 12.1 Å². The summed E-state index contributed by atoms with van der Waals surface area (Å²) >= 11 is 0. The van der Waals surface area contributed by atoms with Gasteiger partial charge in [0.15, 0.2) is 0 Å². The molecule has 3 aliphatic heterocycles. The molecule has 3 heterocycles. The first-order valence-electron chi connectivity index (χ1n) is 11.2. The van der Waals surface area contributed by atoms with E-state index in [-0.39, 0.29) is 35.7 Å². The van der Waals surface area contributed by atoms with E-state index in [9.17, 15) is 22.8 Å². The molecule has 3 aliphatic rings. The average Bonchev–Trinajstić information content (AvgIpc) is 3.42. The lowest BCUT2D eigenvalue weighted by atomic mass is 10.0. The first-order valence-corrected chi connectivity index (χ1v) is 11.2. The van der Waals surface area contributed by atoms with Crippen LogP contribution >= 0.6 is 0 Å². The third-order valence-corrected chi connectivity index (χ3v) is 6.52. The average molecular weight is 454 g/mol. The topological polar surface area (TPSA) is 73.9 Å². The van der Waals surface area contributed by atoms with Crippen LogP contribution in [0.2, 0.25) is 0 Å². The number of nitrogens with one attached hydrogen (secondary N) is 2. The maximum atomic E-state index is 12.4. The highest BCUT2D eigenvalue weighted by molar-refractivity contribution is 5.83. The molecule has 0 unspecified atom stereocenters. The smallest absolute Gasteiger partial charge is 0.406 e. The summed E-state index contributed by atoms with van der Waals surface area (Å²) in [7, 11) is 0. The molecule has 7 nitrogen and oxygen atoms in total. The molecular formula is C22H29F3N4O3. The van der Waals surface area contributed by atoms with Crippen LogP contribution in [0.1, 0.15) is 37.7 Å². The van der Waals surface area contributed by atoms with Gasteiger partial charge in [-0.05, 0) is 43.4 Å². The molecule has 3 atom stereocenters. The second-order valence-electron chi connectivity index (χ2n) is 8.74. The molecule has 0 bridgehead atoms. The second-order valence-corrected chi connectivity index (χ2v) is 8.74. The largest absolute Gasteiger partial charge is 0.573 e. The van der Waals surface area contributed by atoms with Crippen molar-refractivity contribution in [3.05, 3.63) is 29.8 Å². The molecule has 1 aromatic rings. The number of likely N-dealkylation sites (tertiary alicyclic amines) is 1. The van der Waals surface area contributed by atoms with Crippen LogP contribution in [0.3, 0.4) is 0 Å². The van der Waals surface area contributed by atoms with E-state index in [0.717, 1.165) is 37.9 Å². The van der Waals surface area contributed by atoms with E-state index in [1.807, 2.05) is 4.90 Å². The number of halogens is 3. The zero-order valence-corrected chi connectivity index (χ0v) is 17.9. The van der Waals surface area contributed by atoms with Crippen molar-refractivity contribution < 1.29 is 27.5 Å². The molecule has 0 aromatic heterocycles. The SMILES string of the molecule is O=C1NC[C@@H](CCC(=O)N2CCCC2)N2C[C@@H](NCc3ccc(OC(F)(F)F)cc3)C[C@@H]12. The molecule has 2 N–H and O–H groups in total. The van der Waals surface area contributed by atoms with Gasteiger partial charge in [0.05, 0.1) is 6.04 Å². The zero-order chi connectivity index (χ0) is 22.7. The van der Waals surface area contributed by atoms with Crippen molar-refractivity contribution in [1.29, 1.82) is 0 Å². The third kappa shape index (κ3) is 5.72. The first-order chi connectivity index (χ1) is 15.3. The molecule has 0 saturated carbocycles. The molecule has 2 amide bonds. The van der Waals surface area contributed by atoms with E-state index in [4.69, 9.17) is 0 Å². The van der Waals surface area contributed by atoms with Gasteiger partial charge in [-0.3, -0.25) is 14.5 Å². The number of fused-ring (bicyclic) bond motifs is 1. The van der Waals surface area contributed by atoms with Gasteiger partial charge in [-0.1, -0.05) is 12.1 Å². The van der Waals surface area contributed by atoms with Gasteiger partial charge in [-0.15, -0.1) is 13.2 Å². The molecule has 0 aliphatic carbocycles. The highest BCUT2D eigenvalue weighted by Gasteiger charge is 2.43. The zero-order valence-electron chi connectivity index (χ0n) is 17.9. The Morgan fingerprint density at radius 1 is 1.19 bits per heavy atom. The maximum Gasteiger partial charge on any atom is 0.573 e. The van der Waals surface area contributed by atoms with E-state index >= 15 is 0 Å². The predicted octanol–water partition coefficient (Wildman–Crippen LogP) is 2.02. The van der Waals surface area contributed by atoms with Crippen LogP contribution < -0.4 is 15.4 Å². The van der Waals surface area contributed by atoms with Gasteiger partial charge in [0.25, 0.3) is 0 Å². The Kier molecular flexibility index (Phi) is 6.90. The summed E-state index contributed by atoms with van der Waals surface area (Å²) in [5.74, 6) is -0.0323. The van der Waals surface area contributed by atoms with Crippen LogP contribution in [0.15, 0.2) is 24.3 Å². The fourth-order valence-electron chi connectivity index (χ4n) is 4.88. The van der Waals surface area contributed by atoms with Gasteiger partial charge >= 0.3 is 6.36 Å². The van der Waals surface area contributed by atoms with Gasteiger partial charge in [-0.25, -0.2) is 0 Å². The van der Waals surface area contributed by atoms with Gasteiger partial charge < -0.3 is 20.3 Å². The monoisotopic (exact) mass is 454 g/mol. The fraction of sp³-hybridized carbons (Fsp3) is 0.636. The van der Waals surface area contributed by atoms with Crippen molar-refractivity contribution >= 4 is 11.8 Å². The standard InChI is InChI=1S/C22H29F3N4O3/c23-22(24,25)32-18-6-3-15(4-7-18)12-26-16-11-19-21(31)27-13-17(29(19)14-16)5-8-20(30)28-9-1-2-10-28/h3-4,6-7,16-17,19,26H,1-2,5,8-14H2,(H,27,31)/t16-,17+,19-/m0/s1. The van der Waals surface area contributed by atoms with Crippen LogP contribution in [-0.2, 0) is 16.1 Å². The molecule has 1 aromatic carbocycles. The van der Waals surface area contributed by atoms with Crippen molar-refractivity contribution in [2.75, 3.05) is 26.2 Å². The molecule has 4 rings (SSSR count). The van der Waals surface area contributed by atoms with Gasteiger partial charge in [0.2, 0.25) is 11.8 Å². The van der Waals surface area contributed by atoms with Crippen molar-refractivity contribution in [3.63, 3.8) is 0 Å². The van der Waals surface area contributed by atoms with Gasteiger partial charge in [-0.2, -0.15) is 0 Å². The first kappa shape index (κ1) is 22.8. The summed E-state index contributed by atoms with van der Waals surface area (Å²) < 4.78 is 40.8. The number of nitrogens with zero attached hydrogens (tertiary/aromatic N) is 2. The maximum absolute atomic E-state index is 12.4. The van der Waals surface area contributed by atoms with E-state index < -0.39 is 6.36 Å². The molecular weight excluding hydrogens is 425 g/mol. The minimum Gasteiger partial charge on any atom is -0.406 e. The van der Waals surface area contributed by atoms with Crippen LogP contribution in [0, 0.1) is 0 Å². The lowest BCUT2D eigenvalue weighted by Crippen LogP contribution is -2.58. The van der Waals surface area contributed by atoms with Crippen molar-refractivity contribution in [1.82, 2.24) is 20.4 Å².